The highest BCUT2D eigenvalue weighted by atomic mass is 79.9. The highest BCUT2D eigenvalue weighted by molar-refractivity contribution is 9.10. The van der Waals surface area contributed by atoms with Gasteiger partial charge < -0.3 is 5.32 Å². The molecular weight excluding hydrogens is 347 g/mol. The zero-order chi connectivity index (χ0) is 15.5. The number of nitrogens with zero attached hydrogens (tertiary/aromatic N) is 2. The van der Waals surface area contributed by atoms with E-state index >= 15 is 0 Å². The molecule has 0 amide bonds. The van der Waals surface area contributed by atoms with Crippen LogP contribution < -0.4 is 5.32 Å². The molecule has 7 heteroatoms. The molecule has 1 aromatic carbocycles. The molecule has 114 valence electrons. The monoisotopic (exact) mass is 361 g/mol. The molecule has 1 aromatic heterocycles. The Kier molecular flexibility index (Phi) is 5.05. The average Bonchev–Trinajstić information content (AvgIpc) is 2.90. The van der Waals surface area contributed by atoms with E-state index in [0.717, 1.165) is 29.1 Å². The molecule has 0 aliphatic carbocycles. The van der Waals surface area contributed by atoms with E-state index in [0.29, 0.717) is 12.2 Å². The molecule has 3 nitrogen and oxygen atoms in total. The number of hydrogen-bond acceptors (Lipinski definition) is 2. The summed E-state index contributed by atoms with van der Waals surface area (Å²) in [4.78, 5) is 0. The van der Waals surface area contributed by atoms with Crippen LogP contribution in [0.5, 0.6) is 0 Å². The van der Waals surface area contributed by atoms with E-state index in [1.165, 1.54) is 10.9 Å². The Morgan fingerprint density at radius 3 is 2.67 bits per heavy atom. The third-order valence-electron chi connectivity index (χ3n) is 2.92. The van der Waals surface area contributed by atoms with Crippen LogP contribution in [-0.4, -0.2) is 16.3 Å². The fourth-order valence-corrected chi connectivity index (χ4v) is 2.26. The van der Waals surface area contributed by atoms with Crippen LogP contribution >= 0.6 is 15.9 Å². The summed E-state index contributed by atoms with van der Waals surface area (Å²) in [5.74, 6) is 0. The Hall–Kier alpha value is -1.34. The number of alkyl halides is 3. The lowest BCUT2D eigenvalue weighted by molar-refractivity contribution is -0.141. The van der Waals surface area contributed by atoms with Crippen LogP contribution in [0.15, 0.2) is 34.9 Å². The van der Waals surface area contributed by atoms with Crippen LogP contribution in [0.25, 0.3) is 5.69 Å². The Morgan fingerprint density at radius 1 is 1.29 bits per heavy atom. The molecule has 0 atom stereocenters. The van der Waals surface area contributed by atoms with Crippen LogP contribution in [0.4, 0.5) is 13.2 Å². The van der Waals surface area contributed by atoms with Crippen molar-refractivity contribution in [3.8, 4) is 5.69 Å². The summed E-state index contributed by atoms with van der Waals surface area (Å²) < 4.78 is 40.0. The molecule has 2 aromatic rings. The van der Waals surface area contributed by atoms with Gasteiger partial charge in [-0.1, -0.05) is 28.9 Å². The number of hydrogen-bond donors (Lipinski definition) is 1. The van der Waals surface area contributed by atoms with E-state index in [9.17, 15) is 13.2 Å². The zero-order valence-corrected chi connectivity index (χ0v) is 13.0. The van der Waals surface area contributed by atoms with E-state index in [2.05, 4.69) is 33.3 Å². The quantitative estimate of drug-likeness (QED) is 0.810. The molecule has 0 saturated heterocycles. The predicted octanol–water partition coefficient (Wildman–Crippen LogP) is 4.15. The molecule has 2 rings (SSSR count). The zero-order valence-electron chi connectivity index (χ0n) is 11.4. The summed E-state index contributed by atoms with van der Waals surface area (Å²) in [6, 6.07) is 6.47. The van der Waals surface area contributed by atoms with Crippen molar-refractivity contribution >= 4 is 15.9 Å². The van der Waals surface area contributed by atoms with Gasteiger partial charge in [0, 0.05) is 17.2 Å². The molecule has 1 N–H and O–H groups in total. The second kappa shape index (κ2) is 6.62. The maximum absolute atomic E-state index is 12.6. The van der Waals surface area contributed by atoms with Gasteiger partial charge in [-0.3, -0.25) is 0 Å². The summed E-state index contributed by atoms with van der Waals surface area (Å²) in [7, 11) is 0. The average molecular weight is 362 g/mol. The molecule has 0 aliphatic rings. The Balaban J connectivity index is 2.33. The fourth-order valence-electron chi connectivity index (χ4n) is 1.91. The minimum Gasteiger partial charge on any atom is -0.313 e. The Morgan fingerprint density at radius 2 is 2.05 bits per heavy atom. The van der Waals surface area contributed by atoms with Gasteiger partial charge in [0.2, 0.25) is 0 Å². The lowest BCUT2D eigenvalue weighted by atomic mass is 10.2. The molecule has 1 heterocycles. The van der Waals surface area contributed by atoms with Crippen molar-refractivity contribution in [3.63, 3.8) is 0 Å². The molecule has 21 heavy (non-hydrogen) atoms. The van der Waals surface area contributed by atoms with E-state index in [-0.39, 0.29) is 0 Å². The normalized spacial score (nSPS) is 11.9. The van der Waals surface area contributed by atoms with Gasteiger partial charge in [0.15, 0.2) is 5.69 Å². The van der Waals surface area contributed by atoms with Crippen LogP contribution in [0.2, 0.25) is 0 Å². The molecule has 0 unspecified atom stereocenters. The molecule has 0 bridgehead atoms. The van der Waals surface area contributed by atoms with Crippen molar-refractivity contribution in [1.29, 1.82) is 0 Å². The van der Waals surface area contributed by atoms with E-state index in [4.69, 9.17) is 0 Å². The van der Waals surface area contributed by atoms with Crippen molar-refractivity contribution in [1.82, 2.24) is 15.1 Å². The third kappa shape index (κ3) is 4.07. The highest BCUT2D eigenvalue weighted by Gasteiger charge is 2.33. The third-order valence-corrected chi connectivity index (χ3v) is 3.41. The van der Waals surface area contributed by atoms with Crippen molar-refractivity contribution in [2.75, 3.05) is 6.54 Å². The number of rotatable bonds is 5. The van der Waals surface area contributed by atoms with Gasteiger partial charge in [-0.15, -0.1) is 0 Å². The van der Waals surface area contributed by atoms with E-state index in [1.807, 2.05) is 12.1 Å². The summed E-state index contributed by atoms with van der Waals surface area (Å²) in [5.41, 5.74) is 0.627. The van der Waals surface area contributed by atoms with E-state index in [1.54, 1.807) is 6.07 Å². The first-order valence-electron chi connectivity index (χ1n) is 6.54. The standard InChI is InChI=1S/C14H15BrF3N3/c1-2-6-19-9-10-3-4-11(15)8-12(10)21-7-5-13(20-21)14(16,17)18/h3-5,7-8,19H,2,6,9H2,1H3. The van der Waals surface area contributed by atoms with Crippen LogP contribution in [-0.2, 0) is 12.7 Å². The smallest absolute Gasteiger partial charge is 0.313 e. The van der Waals surface area contributed by atoms with Gasteiger partial charge >= 0.3 is 6.18 Å². The van der Waals surface area contributed by atoms with Gasteiger partial charge in [-0.05, 0) is 36.7 Å². The van der Waals surface area contributed by atoms with Crippen molar-refractivity contribution in [2.45, 2.75) is 26.1 Å². The number of benzene rings is 1. The molecule has 0 saturated carbocycles. The van der Waals surface area contributed by atoms with Crippen molar-refractivity contribution in [3.05, 3.63) is 46.2 Å². The van der Waals surface area contributed by atoms with Gasteiger partial charge in [0.05, 0.1) is 5.69 Å². The molecule has 0 aliphatic heterocycles. The Labute approximate surface area is 129 Å². The summed E-state index contributed by atoms with van der Waals surface area (Å²) in [6.07, 6.45) is -2.11. The molecule has 0 radical (unpaired) electrons. The fraction of sp³-hybridized carbons (Fsp3) is 0.357. The van der Waals surface area contributed by atoms with Gasteiger partial charge in [-0.2, -0.15) is 18.3 Å². The number of nitrogens with one attached hydrogen (secondary N) is 1. The lowest BCUT2D eigenvalue weighted by Crippen LogP contribution is -2.16. The molecule has 0 fully saturated rings. The van der Waals surface area contributed by atoms with Gasteiger partial charge in [-0.25, -0.2) is 4.68 Å². The van der Waals surface area contributed by atoms with Crippen LogP contribution in [0.3, 0.4) is 0 Å². The summed E-state index contributed by atoms with van der Waals surface area (Å²) >= 11 is 3.34. The largest absolute Gasteiger partial charge is 0.435 e. The van der Waals surface area contributed by atoms with Crippen molar-refractivity contribution < 1.29 is 13.2 Å². The van der Waals surface area contributed by atoms with Crippen molar-refractivity contribution in [2.24, 2.45) is 0 Å². The predicted molar refractivity (Wildman–Crippen MR) is 78.3 cm³/mol. The number of aromatic nitrogens is 2. The second-order valence-electron chi connectivity index (χ2n) is 4.59. The van der Waals surface area contributed by atoms with Gasteiger partial charge in [0.25, 0.3) is 0 Å². The minimum atomic E-state index is -4.43. The summed E-state index contributed by atoms with van der Waals surface area (Å²) in [5, 5.41) is 6.86. The number of halogens is 4. The van der Waals surface area contributed by atoms with Crippen LogP contribution in [0.1, 0.15) is 24.6 Å². The minimum absolute atomic E-state index is 0.581. The maximum Gasteiger partial charge on any atom is 0.435 e. The highest BCUT2D eigenvalue weighted by Crippen LogP contribution is 2.28. The maximum atomic E-state index is 12.6. The first kappa shape index (κ1) is 16.0. The topological polar surface area (TPSA) is 29.9 Å². The SMILES string of the molecule is CCCNCc1ccc(Br)cc1-n1ccc(C(F)(F)F)n1. The first-order chi connectivity index (χ1) is 9.91. The van der Waals surface area contributed by atoms with E-state index < -0.39 is 11.9 Å². The second-order valence-corrected chi connectivity index (χ2v) is 5.51. The first-order valence-corrected chi connectivity index (χ1v) is 7.33. The van der Waals surface area contributed by atoms with Gasteiger partial charge in [0.1, 0.15) is 0 Å². The Bertz CT molecular complexity index is 608. The summed E-state index contributed by atoms with van der Waals surface area (Å²) in [6.45, 7) is 3.48. The van der Waals surface area contributed by atoms with Crippen LogP contribution in [0, 0.1) is 0 Å². The molecule has 0 spiro atoms. The lowest BCUT2D eigenvalue weighted by Gasteiger charge is -2.11. The molecular formula is C14H15BrF3N3.